The first-order valence-corrected chi connectivity index (χ1v) is 7.30. The van der Waals surface area contributed by atoms with Gasteiger partial charge in [0.1, 0.15) is 0 Å². The van der Waals surface area contributed by atoms with Gasteiger partial charge in [-0.15, -0.1) is 0 Å². The van der Waals surface area contributed by atoms with Gasteiger partial charge < -0.3 is 24.8 Å². The van der Waals surface area contributed by atoms with Gasteiger partial charge in [0.25, 0.3) is 0 Å². The maximum Gasteiger partial charge on any atom is -1.00 e. The fourth-order valence-corrected chi connectivity index (χ4v) is 5.95. The van der Waals surface area contributed by atoms with Gasteiger partial charge in [0.15, 0.2) is 0 Å². The zero-order valence-electron chi connectivity index (χ0n) is 9.43. The summed E-state index contributed by atoms with van der Waals surface area (Å²) in [5, 5.41) is 0. The third-order valence-corrected chi connectivity index (χ3v) is 6.93. The topological polar surface area (TPSA) is 15.8 Å². The van der Waals surface area contributed by atoms with Gasteiger partial charge in [-0.3, -0.25) is 0 Å². The third-order valence-electron chi connectivity index (χ3n) is 2.46. The number of hydrogen-bond donors (Lipinski definition) is 1. The molecule has 1 heterocycles. The molecule has 0 fully saturated rings. The molecule has 1 aromatic heterocycles. The zero-order valence-corrected chi connectivity index (χ0v) is 12.5. The van der Waals surface area contributed by atoms with Crippen LogP contribution < -0.4 is 28.8 Å². The predicted octanol–water partition coefficient (Wildman–Crippen LogP) is -3.68. The molecule has 4 heteroatoms. The Morgan fingerprint density at radius 3 is 2.50 bits per heavy atom. The van der Waals surface area contributed by atoms with Crippen LogP contribution in [0.1, 0.15) is 20.3 Å². The van der Waals surface area contributed by atoms with E-state index in [1.807, 2.05) is 6.20 Å². The van der Waals surface area contributed by atoms with E-state index in [9.17, 15) is 0 Å². The van der Waals surface area contributed by atoms with Crippen LogP contribution >= 0.6 is 0 Å². The number of aromatic amines is 1. The zero-order chi connectivity index (χ0) is 9.97. The second-order valence-corrected chi connectivity index (χ2v) is 8.36. The number of nitrogens with one attached hydrogen (secondary N) is 1. The molecule has 0 amide bonds. The van der Waals surface area contributed by atoms with Crippen LogP contribution in [0.5, 0.6) is 0 Å². The SMILES string of the molecule is C[C](C)=[Ti+2]([C]1=CC=CC1)[c]1ccc[nH]1.[Cl-].[Cl-]. The summed E-state index contributed by atoms with van der Waals surface area (Å²) in [6.07, 6.45) is 9.96. The van der Waals surface area contributed by atoms with Crippen LogP contribution in [0, 0.1) is 0 Å². The quantitative estimate of drug-likeness (QED) is 0.541. The number of halogens is 2. The first-order valence-electron chi connectivity index (χ1n) is 4.96. The van der Waals surface area contributed by atoms with Crippen molar-refractivity contribution >= 4 is 7.81 Å². The van der Waals surface area contributed by atoms with E-state index >= 15 is 0 Å². The summed E-state index contributed by atoms with van der Waals surface area (Å²) in [7, 11) is 0. The molecule has 2 rings (SSSR count). The summed E-state index contributed by atoms with van der Waals surface area (Å²) in [5.41, 5.74) is 0. The molecule has 0 bridgehead atoms. The molecular formula is C12H15Cl2NTi. The molecule has 0 saturated heterocycles. The van der Waals surface area contributed by atoms with Crippen LogP contribution in [-0.4, -0.2) is 8.80 Å². The van der Waals surface area contributed by atoms with Crippen LogP contribution in [0.4, 0.5) is 0 Å². The number of rotatable bonds is 2. The smallest absolute Gasteiger partial charge is 1.00 e. The van der Waals surface area contributed by atoms with Crippen molar-refractivity contribution in [2.75, 3.05) is 0 Å². The molecule has 1 nitrogen and oxygen atoms in total. The molecule has 1 aliphatic rings. The van der Waals surface area contributed by atoms with Crippen molar-refractivity contribution in [1.82, 2.24) is 4.98 Å². The molecule has 16 heavy (non-hydrogen) atoms. The summed E-state index contributed by atoms with van der Waals surface area (Å²) in [5.74, 6) is 0. The van der Waals surface area contributed by atoms with Crippen LogP contribution in [0.2, 0.25) is 0 Å². The fraction of sp³-hybridized carbons (Fsp3) is 0.250. The normalized spacial score (nSPS) is 11.9. The van der Waals surface area contributed by atoms with Crippen LogP contribution in [0.15, 0.2) is 40.4 Å². The first kappa shape index (κ1) is 15.9. The van der Waals surface area contributed by atoms with Crippen molar-refractivity contribution in [2.24, 2.45) is 0 Å². The minimum absolute atomic E-state index is 0. The Labute approximate surface area is 115 Å². The van der Waals surface area contributed by atoms with Crippen molar-refractivity contribution in [2.45, 2.75) is 20.3 Å². The van der Waals surface area contributed by atoms with Gasteiger partial charge in [-0.05, 0) is 0 Å². The van der Waals surface area contributed by atoms with E-state index in [1.54, 1.807) is 7.69 Å². The third kappa shape index (κ3) is 3.46. The molecule has 0 atom stereocenters. The molecule has 1 aromatic rings. The van der Waals surface area contributed by atoms with E-state index in [0.717, 1.165) is 0 Å². The van der Waals surface area contributed by atoms with E-state index in [1.165, 1.54) is 10.4 Å². The second-order valence-electron chi connectivity index (χ2n) is 3.78. The molecule has 86 valence electrons. The van der Waals surface area contributed by atoms with Gasteiger partial charge in [0.05, 0.1) is 0 Å². The Kier molecular flexibility index (Phi) is 7.25. The Balaban J connectivity index is 0.00000112. The summed E-state index contributed by atoms with van der Waals surface area (Å²) in [6.45, 7) is 4.55. The minimum Gasteiger partial charge on any atom is -1.00 e. The molecular weight excluding hydrogens is 277 g/mol. The summed E-state index contributed by atoms with van der Waals surface area (Å²) in [4.78, 5) is 3.38. The van der Waals surface area contributed by atoms with Crippen LogP contribution in [0.3, 0.4) is 0 Å². The molecule has 0 spiro atoms. The van der Waals surface area contributed by atoms with E-state index < -0.39 is 17.4 Å². The number of hydrogen-bond acceptors (Lipinski definition) is 0. The van der Waals surface area contributed by atoms with E-state index in [2.05, 4.69) is 49.2 Å². The van der Waals surface area contributed by atoms with Gasteiger partial charge in [0, 0.05) is 0 Å². The van der Waals surface area contributed by atoms with Crippen LogP contribution in [0.25, 0.3) is 0 Å². The number of allylic oxidation sites excluding steroid dienone is 4. The summed E-state index contributed by atoms with van der Waals surface area (Å²) < 4.78 is 4.75. The molecule has 0 aromatic carbocycles. The monoisotopic (exact) mass is 291 g/mol. The average Bonchev–Trinajstić information content (AvgIpc) is 2.75. The maximum atomic E-state index is 3.38. The summed E-state index contributed by atoms with van der Waals surface area (Å²) in [6, 6.07) is 4.34. The number of aromatic nitrogens is 1. The molecule has 0 unspecified atom stereocenters. The maximum absolute atomic E-state index is 3.38. The molecule has 0 saturated carbocycles. The minimum atomic E-state index is -1.31. The fourth-order valence-electron chi connectivity index (χ4n) is 1.88. The van der Waals surface area contributed by atoms with Crippen molar-refractivity contribution in [3.63, 3.8) is 0 Å². The Morgan fingerprint density at radius 1 is 1.31 bits per heavy atom. The van der Waals surface area contributed by atoms with Gasteiger partial charge in [0.2, 0.25) is 0 Å². The Morgan fingerprint density at radius 2 is 2.06 bits per heavy atom. The van der Waals surface area contributed by atoms with Crippen molar-refractivity contribution in [3.8, 4) is 0 Å². The Bertz CT molecular complexity index is 412. The van der Waals surface area contributed by atoms with Crippen molar-refractivity contribution < 1.29 is 42.2 Å². The first-order chi connectivity index (χ1) is 6.79. The second kappa shape index (κ2) is 7.29. The molecule has 1 N–H and O–H groups in total. The van der Waals surface area contributed by atoms with E-state index in [0.29, 0.717) is 0 Å². The standard InChI is InChI=1S/C5H5.C4H4N.C3H6.2ClH.Ti/c2*1-2-4-5-3-1;1-3-2;;;/h1-3H,4H2;1-3,5H;1-2H3;2*1H;/q;;;;;+2/p-2. The van der Waals surface area contributed by atoms with Crippen molar-refractivity contribution in [3.05, 3.63) is 40.4 Å². The van der Waals surface area contributed by atoms with Gasteiger partial charge >= 0.3 is 90.9 Å². The summed E-state index contributed by atoms with van der Waals surface area (Å²) >= 11 is -1.31. The van der Waals surface area contributed by atoms with Gasteiger partial charge in [-0.1, -0.05) is 0 Å². The van der Waals surface area contributed by atoms with E-state index in [4.69, 9.17) is 0 Å². The number of H-pyrrole nitrogens is 1. The van der Waals surface area contributed by atoms with Crippen molar-refractivity contribution in [1.29, 1.82) is 0 Å². The predicted molar refractivity (Wildman–Crippen MR) is 58.6 cm³/mol. The van der Waals surface area contributed by atoms with Crippen LogP contribution in [-0.2, 0) is 17.4 Å². The Hall–Kier alpha value is -0.0757. The largest absolute Gasteiger partial charge is 1.00 e. The van der Waals surface area contributed by atoms with Gasteiger partial charge in [-0.25, -0.2) is 0 Å². The molecule has 0 radical (unpaired) electrons. The van der Waals surface area contributed by atoms with Gasteiger partial charge in [-0.2, -0.15) is 0 Å². The van der Waals surface area contributed by atoms with E-state index in [-0.39, 0.29) is 24.8 Å². The molecule has 1 aliphatic carbocycles. The molecule has 0 aliphatic heterocycles. The average molecular weight is 292 g/mol.